The van der Waals surface area contributed by atoms with Crippen LogP contribution in [0.3, 0.4) is 0 Å². The van der Waals surface area contributed by atoms with Gasteiger partial charge in [0.1, 0.15) is 15.7 Å². The van der Waals surface area contributed by atoms with Crippen molar-refractivity contribution in [3.05, 3.63) is 58.1 Å². The third kappa shape index (κ3) is 8.78. The Hall–Kier alpha value is -2.66. The van der Waals surface area contributed by atoms with Crippen LogP contribution in [0.5, 0.6) is 5.75 Å². The first kappa shape index (κ1) is 33.7. The first-order chi connectivity index (χ1) is 21.8. The molecule has 2 aliphatic heterocycles. The second kappa shape index (κ2) is 15.8. The molecule has 1 N–H and O–H groups in total. The summed E-state index contributed by atoms with van der Waals surface area (Å²) in [7, 11) is -0.0495. The van der Waals surface area contributed by atoms with Gasteiger partial charge in [-0.3, -0.25) is 14.3 Å². The molecular weight excluding hydrogens is 614 g/mol. The van der Waals surface area contributed by atoms with Crippen molar-refractivity contribution in [1.29, 1.82) is 0 Å². The summed E-state index contributed by atoms with van der Waals surface area (Å²) in [5.41, 5.74) is 3.54. The number of ether oxygens (including phenoxy) is 3. The first-order valence-corrected chi connectivity index (χ1v) is 18.3. The minimum Gasteiger partial charge on any atom is -0.491 e. The highest BCUT2D eigenvalue weighted by atomic mass is 35.5. The van der Waals surface area contributed by atoms with Gasteiger partial charge in [0, 0.05) is 37.9 Å². The van der Waals surface area contributed by atoms with E-state index < -0.39 is 21.7 Å². The molecule has 1 aliphatic carbocycles. The molecule has 0 aromatic heterocycles. The van der Waals surface area contributed by atoms with Crippen LogP contribution in [0.15, 0.2) is 40.8 Å². The Morgan fingerprint density at radius 3 is 2.71 bits per heavy atom. The molecule has 5 rings (SSSR count). The number of methoxy groups -OCH3 is 2. The molecule has 45 heavy (non-hydrogen) atoms. The molecule has 3 aliphatic rings. The largest absolute Gasteiger partial charge is 0.491 e. The van der Waals surface area contributed by atoms with Crippen LogP contribution in [0.25, 0.3) is 0 Å². The fraction of sp³-hybridized carbons (Fsp3) is 0.588. The van der Waals surface area contributed by atoms with E-state index in [2.05, 4.69) is 26.1 Å². The van der Waals surface area contributed by atoms with Gasteiger partial charge in [-0.05, 0) is 98.2 Å². The molecule has 1 fully saturated rings. The van der Waals surface area contributed by atoms with E-state index in [1.54, 1.807) is 13.2 Å². The fourth-order valence-electron chi connectivity index (χ4n) is 6.70. The minimum absolute atomic E-state index is 0.0348. The average Bonchev–Trinajstić information content (AvgIpc) is 3.03. The quantitative estimate of drug-likeness (QED) is 0.399. The number of fused-ring (bicyclic) bond motifs is 3. The third-order valence-electron chi connectivity index (χ3n) is 9.33. The molecule has 1 unspecified atom stereocenters. The molecule has 0 spiro atoms. The topological polar surface area (TPSA) is 107 Å². The lowest BCUT2D eigenvalue weighted by Gasteiger charge is -2.44. The summed E-state index contributed by atoms with van der Waals surface area (Å²) >= 11 is 6.43. The van der Waals surface area contributed by atoms with Gasteiger partial charge in [0.2, 0.25) is 5.91 Å². The highest BCUT2D eigenvalue weighted by Gasteiger charge is 2.38. The summed E-state index contributed by atoms with van der Waals surface area (Å²) < 4.78 is 38.1. The smallest absolute Gasteiger partial charge is 0.286 e. The van der Waals surface area contributed by atoms with Gasteiger partial charge in [-0.2, -0.15) is 0 Å². The lowest BCUT2D eigenvalue weighted by Crippen LogP contribution is -2.44. The number of rotatable bonds is 5. The number of halogens is 1. The minimum atomic E-state index is -3.35. The molecule has 1 saturated carbocycles. The zero-order valence-corrected chi connectivity index (χ0v) is 28.0. The van der Waals surface area contributed by atoms with Crippen LogP contribution in [-0.2, 0) is 37.1 Å². The van der Waals surface area contributed by atoms with Crippen molar-refractivity contribution in [3.63, 3.8) is 0 Å². The van der Waals surface area contributed by atoms with Crippen LogP contribution in [0.4, 0.5) is 5.69 Å². The van der Waals surface area contributed by atoms with Crippen molar-refractivity contribution in [2.24, 2.45) is 16.2 Å². The zero-order chi connectivity index (χ0) is 31.8. The van der Waals surface area contributed by atoms with E-state index in [1.165, 1.54) is 18.2 Å². The molecule has 4 atom stereocenters. The van der Waals surface area contributed by atoms with E-state index >= 15 is 0 Å². The Balaban J connectivity index is 1.58. The summed E-state index contributed by atoms with van der Waals surface area (Å²) in [6, 6.07) is 11.4. The number of nitrogens with one attached hydrogen (secondary N) is 1. The van der Waals surface area contributed by atoms with Crippen molar-refractivity contribution in [3.8, 4) is 5.75 Å². The standard InChI is InChI=1S/C34H46ClN3O6S/c1-42-18-16-33(39)36-45(41)19-7-3-4-9-31(43-2)29-14-11-27(29)23-38-22-26-10-13-28(35)20-24(26)8-5-6-17-44-32-15-12-25(21-30(32)38)34(40)37-45/h10,12-13,15,20-21,27,29,31H,3-9,11,14,16-19,22-23H2,1-2H3,(H,36,37,39,40,41)/t27-,29+,31-,45?/m0/s1. The van der Waals surface area contributed by atoms with E-state index in [0.717, 1.165) is 68.6 Å². The maximum Gasteiger partial charge on any atom is 0.286 e. The van der Waals surface area contributed by atoms with Crippen LogP contribution in [0.1, 0.15) is 79.3 Å². The van der Waals surface area contributed by atoms with Gasteiger partial charge in [0.25, 0.3) is 5.91 Å². The predicted octanol–water partition coefficient (Wildman–Crippen LogP) is 6.35. The molecule has 0 saturated heterocycles. The molecule has 2 amide bonds. The number of hydrogen-bond acceptors (Lipinski definition) is 7. The highest BCUT2D eigenvalue weighted by molar-refractivity contribution is 7.92. The maximum absolute atomic E-state index is 14.0. The van der Waals surface area contributed by atoms with E-state index in [4.69, 9.17) is 25.8 Å². The van der Waals surface area contributed by atoms with Crippen LogP contribution in [-0.4, -0.2) is 61.9 Å². The predicted molar refractivity (Wildman–Crippen MR) is 177 cm³/mol. The Bertz CT molecular complexity index is 1480. The van der Waals surface area contributed by atoms with Crippen LogP contribution < -0.4 is 14.4 Å². The van der Waals surface area contributed by atoms with Crippen molar-refractivity contribution in [1.82, 2.24) is 4.72 Å². The normalized spacial score (nSPS) is 26.2. The van der Waals surface area contributed by atoms with E-state index in [1.807, 2.05) is 18.2 Å². The second-order valence-electron chi connectivity index (χ2n) is 12.4. The Labute approximate surface area is 272 Å². The number of hydrogen-bond donors (Lipinski definition) is 1. The first-order valence-electron chi connectivity index (χ1n) is 16.2. The number of benzene rings is 2. The van der Waals surface area contributed by atoms with Crippen LogP contribution >= 0.6 is 11.6 Å². The maximum atomic E-state index is 14.0. The summed E-state index contributed by atoms with van der Waals surface area (Å²) in [6.07, 6.45) is 8.34. The summed E-state index contributed by atoms with van der Waals surface area (Å²) in [5, 5.41) is 0.725. The van der Waals surface area contributed by atoms with Gasteiger partial charge in [-0.15, -0.1) is 4.36 Å². The molecular formula is C34H46ClN3O6S. The molecule has 11 heteroatoms. The average molecular weight is 660 g/mol. The molecule has 0 radical (unpaired) electrons. The van der Waals surface area contributed by atoms with Crippen molar-refractivity contribution in [2.45, 2.75) is 76.9 Å². The number of anilines is 1. The van der Waals surface area contributed by atoms with Crippen molar-refractivity contribution < 1.29 is 28.0 Å². The third-order valence-corrected chi connectivity index (χ3v) is 11.4. The van der Waals surface area contributed by atoms with Gasteiger partial charge in [-0.1, -0.05) is 30.5 Å². The lowest BCUT2D eigenvalue weighted by atomic mass is 9.69. The molecule has 246 valence electrons. The van der Waals surface area contributed by atoms with Crippen molar-refractivity contribution in [2.75, 3.05) is 44.6 Å². The molecule has 9 nitrogen and oxygen atoms in total. The number of aryl methyl sites for hydroxylation is 1. The number of amides is 2. The van der Waals surface area contributed by atoms with Gasteiger partial charge in [0.15, 0.2) is 0 Å². The van der Waals surface area contributed by atoms with E-state index in [0.29, 0.717) is 42.7 Å². The number of nitrogens with zero attached hydrogens (tertiary/aromatic N) is 2. The molecule has 2 bridgehead atoms. The zero-order valence-electron chi connectivity index (χ0n) is 26.4. The van der Waals surface area contributed by atoms with Gasteiger partial charge >= 0.3 is 0 Å². The monoisotopic (exact) mass is 659 g/mol. The Morgan fingerprint density at radius 2 is 1.93 bits per heavy atom. The van der Waals surface area contributed by atoms with Crippen molar-refractivity contribution >= 4 is 39.0 Å². The summed E-state index contributed by atoms with van der Waals surface area (Å²) in [6.45, 7) is 2.15. The summed E-state index contributed by atoms with van der Waals surface area (Å²) in [5.74, 6) is 0.590. The Kier molecular flexibility index (Phi) is 11.8. The number of carbonyl (C=O) groups excluding carboxylic acids is 2. The van der Waals surface area contributed by atoms with Gasteiger partial charge in [-0.25, -0.2) is 4.21 Å². The van der Waals surface area contributed by atoms with Crippen LogP contribution in [0, 0.1) is 11.8 Å². The SMILES string of the molecule is COCCC(=O)NS1(=O)=NC(=O)c2ccc3c(c2)N(Cc2ccc(Cl)cc2CCCCO3)C[C@@H]2CC[C@H]2[C@@H](OC)CCCCC1. The molecule has 2 aromatic rings. The molecule has 2 heterocycles. The Morgan fingerprint density at radius 1 is 1.07 bits per heavy atom. The van der Waals surface area contributed by atoms with Gasteiger partial charge in [0.05, 0.1) is 37.2 Å². The fourth-order valence-corrected chi connectivity index (χ4v) is 8.57. The summed E-state index contributed by atoms with van der Waals surface area (Å²) in [4.78, 5) is 28.6. The van der Waals surface area contributed by atoms with E-state index in [9.17, 15) is 13.8 Å². The second-order valence-corrected chi connectivity index (χ2v) is 14.9. The lowest BCUT2D eigenvalue weighted by molar-refractivity contribution is -0.120. The van der Waals surface area contributed by atoms with Crippen LogP contribution in [0.2, 0.25) is 5.02 Å². The highest BCUT2D eigenvalue weighted by Crippen LogP contribution is 2.42. The van der Waals surface area contributed by atoms with Gasteiger partial charge < -0.3 is 19.1 Å². The molecule has 2 aromatic carbocycles. The van der Waals surface area contributed by atoms with E-state index in [-0.39, 0.29) is 24.9 Å². The number of carbonyl (C=O) groups is 2.